The Bertz CT molecular complexity index is 1210. The van der Waals surface area contributed by atoms with Gasteiger partial charge < -0.3 is 160 Å². The first-order chi connectivity index (χ1) is 17.0. The second kappa shape index (κ2) is 112. The van der Waals surface area contributed by atoms with Crippen LogP contribution < -0.4 is 551 Å². The minimum atomic E-state index is -7.38. The van der Waals surface area contributed by atoms with Gasteiger partial charge in [0.05, 0.1) is 22.1 Å². The third-order valence-corrected chi connectivity index (χ3v) is 17.8. The first-order valence-corrected chi connectivity index (χ1v) is 21.5. The van der Waals surface area contributed by atoms with Crippen LogP contribution in [0.1, 0.15) is 45.7 Å². The maximum atomic E-state index is 11.4. The number of rotatable bonds is 15. The largest absolute Gasteiger partial charge is 2.00 e. The number of hydrogen-bond donors (Lipinski definition) is 0. The van der Waals surface area contributed by atoms with Crippen LogP contribution in [0, 0.1) is 0 Å². The van der Waals surface area contributed by atoms with Crippen LogP contribution in [0.25, 0.3) is 0 Å². The summed E-state index contributed by atoms with van der Waals surface area (Å²) < 4.78 is 91.3. The van der Waals surface area contributed by atoms with Crippen molar-refractivity contribution in [2.45, 2.75) is 22.1 Å². The van der Waals surface area contributed by atoms with Crippen LogP contribution in [0.3, 0.4) is 0 Å². The second-order valence-corrected chi connectivity index (χ2v) is 21.4. The van der Waals surface area contributed by atoms with Crippen molar-refractivity contribution in [3.05, 3.63) is 0 Å². The van der Waals surface area contributed by atoms with E-state index in [4.69, 9.17) is 0 Å². The van der Waals surface area contributed by atoms with Crippen molar-refractivity contribution in [2.24, 2.45) is 0 Å². The standard InChI is InChI=1S/C6H24N2O24P8.16Ca.16Na.32H/c9-33(10,11)3(34(12,13)14)7(4(35(15,16)17)36(18,19)20)1-2-8(5(37(21,22)23)38(24,25)26)6(39(27,28)29)40(30,31)32;;;;;;;;;;;;;;;;;;;;;;;;;;;;;;;;;;;;;;;;;;;;;;;;;;;;;;;;;;;;;;;;/h3-6H,1-2H2,(H2,9,10,11)(H2,12,13,14)(H2,15,16,17)(H2,18,19,20)(H2,21,22,23)(H2,24,25,26)(H2,27,28,29)(H2,30,31,32);;;;;;;;;;;;;;;;;;;;;;;;;;;;;;;;;;;;;;;;;;;;;;;;;;;;;;;;;;;;;;;;/q;16*+2;16*+1;32*-1/p-16. The predicted molar refractivity (Wildman–Crippen MR) is 217 cm³/mol. The minimum Gasteiger partial charge on any atom is -1.00 e. The van der Waals surface area contributed by atoms with Gasteiger partial charge in [0.2, 0.25) is 0 Å². The van der Waals surface area contributed by atoms with Crippen molar-refractivity contribution in [1.29, 1.82) is 0 Å². The van der Waals surface area contributed by atoms with E-state index in [1.165, 1.54) is 0 Å². The first-order valence-electron chi connectivity index (χ1n) is 8.61. The van der Waals surface area contributed by atoms with E-state index < -0.39 is 106 Å². The first kappa shape index (κ1) is 220. The summed E-state index contributed by atoms with van der Waals surface area (Å²) in [5.74, 6) is 0. The van der Waals surface area contributed by atoms with Crippen molar-refractivity contribution >= 4 is 665 Å². The van der Waals surface area contributed by atoms with E-state index in [2.05, 4.69) is 0 Å². The second-order valence-electron chi connectivity index (χ2n) is 7.18. The molecule has 0 saturated carbocycles. The maximum Gasteiger partial charge on any atom is 2.00 e. The zero-order valence-electron chi connectivity index (χ0n) is 77.3. The molecule has 0 aliphatic rings. The normalized spacial score (nSPS) is 8.81. The molecule has 0 rings (SSSR count). The molecule has 306 valence electrons. The molecule has 0 aromatic heterocycles. The molecule has 0 aliphatic heterocycles. The van der Waals surface area contributed by atoms with Gasteiger partial charge in [-0.3, -0.25) is 9.80 Å². The van der Waals surface area contributed by atoms with Crippen molar-refractivity contribution in [2.75, 3.05) is 13.1 Å². The molecule has 0 aromatic carbocycles. The zero-order chi connectivity index (χ0) is 32.9. The van der Waals surface area contributed by atoms with Crippen LogP contribution in [0.15, 0.2) is 0 Å². The van der Waals surface area contributed by atoms with Crippen molar-refractivity contribution < 1.29 is 633 Å². The van der Waals surface area contributed by atoms with Gasteiger partial charge in [-0.1, -0.05) is 0 Å². The molecule has 0 spiro atoms. The molecule has 0 aliphatic carbocycles. The molecule has 66 heteroatoms. The Morgan fingerprint density at radius 1 is 0.208 bits per heavy atom. The van der Waals surface area contributed by atoms with Crippen LogP contribution in [0.5, 0.6) is 0 Å². The fraction of sp³-hybridized carbons (Fsp3) is 1.00. The fourth-order valence-corrected chi connectivity index (χ4v) is 14.4. The van der Waals surface area contributed by atoms with Gasteiger partial charge >= 0.3 is 1080 Å². The van der Waals surface area contributed by atoms with Gasteiger partial charge in [0.25, 0.3) is 0 Å². The van der Waals surface area contributed by atoms with Crippen LogP contribution in [0.2, 0.25) is 0 Å². The van der Waals surface area contributed by atoms with Gasteiger partial charge in [-0.25, -0.2) is 0 Å². The zero-order valence-corrected chi connectivity index (χ0v) is 120. The van der Waals surface area contributed by atoms with Gasteiger partial charge in [0, 0.05) is 13.1 Å². The van der Waals surface area contributed by atoms with Crippen LogP contribution in [-0.4, -0.2) is 649 Å². The van der Waals surface area contributed by atoms with E-state index in [9.17, 15) is 115 Å². The molecule has 0 fully saturated rings. The van der Waals surface area contributed by atoms with Gasteiger partial charge in [0.15, 0.2) is 0 Å². The molecular formula is C6H40Ca16N2Na16O24P8. The Morgan fingerprint density at radius 2 is 0.264 bits per heavy atom. The van der Waals surface area contributed by atoms with E-state index in [-0.39, 0.29) is 1120 Å². The van der Waals surface area contributed by atoms with Crippen LogP contribution in [-0.2, 0) is 36.5 Å². The van der Waals surface area contributed by atoms with Crippen molar-refractivity contribution in [3.8, 4) is 0 Å². The summed E-state index contributed by atoms with van der Waals surface area (Å²) in [7, 11) is -59.0. The van der Waals surface area contributed by atoms with Gasteiger partial charge in [-0.05, 0) is 60.8 Å². The molecule has 0 heterocycles. The number of nitrogens with zero attached hydrogens (tertiary/aromatic N) is 2. The molecule has 0 amide bonds. The van der Waals surface area contributed by atoms with E-state index in [1.54, 1.807) is 0 Å². The van der Waals surface area contributed by atoms with E-state index in [0.29, 0.717) is 0 Å². The average molecular weight is 1780 g/mol. The molecule has 26 nitrogen and oxygen atoms in total. The van der Waals surface area contributed by atoms with Crippen molar-refractivity contribution in [3.63, 3.8) is 0 Å². The molecule has 0 atom stereocenters. The molecule has 0 N–H and O–H groups in total. The Hall–Kier alpha value is 37.3. The monoisotopic (exact) mass is 1780 g/mol. The predicted octanol–water partition coefficient (Wildman–Crippen LogP) is -64.4. The van der Waals surface area contributed by atoms with E-state index >= 15 is 0 Å². The smallest absolute Gasteiger partial charge is 1.00 e. The third kappa shape index (κ3) is 107. The van der Waals surface area contributed by atoms with Gasteiger partial charge in [-0.15, -0.1) is 0 Å². The summed E-state index contributed by atoms with van der Waals surface area (Å²) in [4.78, 5) is 179. The van der Waals surface area contributed by atoms with Gasteiger partial charge in [-0.2, -0.15) is 0 Å². The summed E-state index contributed by atoms with van der Waals surface area (Å²) in [5.41, 5.74) is -18.9. The van der Waals surface area contributed by atoms with E-state index in [0.717, 1.165) is 0 Å². The molecule has 72 heavy (non-hydrogen) atoms. The third-order valence-electron chi connectivity index (χ3n) is 4.07. The molecule has 0 saturated heterocycles. The summed E-state index contributed by atoms with van der Waals surface area (Å²) in [6.45, 7) is -5.62. The topological polar surface area (TPSA) is 512 Å². The molecule has 0 bridgehead atoms. The molecule has 0 aromatic rings. The SMILES string of the molecule is O=P([O-])([O-])C(N(CCN(C(P(=O)([O-])[O-])P(=O)([O-])[O-])C(P(=O)([O-])[O-])P(=O)([O-])[O-])C(P(=O)([O-])[O-])P(=O)([O-])[O-])P(=O)([O-])[O-].[Ca+2].[Ca+2].[Ca+2].[Ca+2].[Ca+2].[Ca+2].[Ca+2].[Ca+2].[Ca+2].[Ca+2].[Ca+2].[Ca+2].[Ca+2].[Ca+2].[Ca+2].[Ca+2].[H-].[H-].[H-].[H-].[H-].[H-].[H-].[H-].[H-].[H-].[H-].[H-].[H-].[H-].[H-].[H-].[H-].[H-].[H-].[H-].[H-].[H-].[H-].[H-].[H-].[H-].[H-].[H-].[H-].[H-].[H-].[H-].[Na+].[Na+].[Na+].[Na+].[Na+].[Na+].[Na+].[Na+].[Na+].[Na+].[Na+].[Na+].[Na+].[Na+].[Na+].[Na+]. The van der Waals surface area contributed by atoms with Gasteiger partial charge in [0.1, 0.15) is 0 Å². The van der Waals surface area contributed by atoms with Crippen LogP contribution >= 0.6 is 60.8 Å². The Kier molecular flexibility index (Phi) is 344. The van der Waals surface area contributed by atoms with Crippen molar-refractivity contribution in [1.82, 2.24) is 9.80 Å². The Morgan fingerprint density at radius 3 is 0.306 bits per heavy atom. The average Bonchev–Trinajstić information content (AvgIpc) is 2.48. The summed E-state index contributed by atoms with van der Waals surface area (Å²) in [5, 5.41) is 0. The summed E-state index contributed by atoms with van der Waals surface area (Å²) >= 11 is 0. The van der Waals surface area contributed by atoms with E-state index in [1.807, 2.05) is 0 Å². The Labute approximate surface area is 1300 Å². The molecule has 0 radical (unpaired) electrons. The number of hydrogen-bond acceptors (Lipinski definition) is 26. The Balaban J connectivity index is -0.00000000377. The van der Waals surface area contributed by atoms with Crippen LogP contribution in [0.4, 0.5) is 0 Å². The summed E-state index contributed by atoms with van der Waals surface area (Å²) in [6, 6.07) is 0. The maximum absolute atomic E-state index is 11.4. The molecule has 0 unspecified atom stereocenters. The minimum absolute atomic E-state index is 0. The quantitative estimate of drug-likeness (QED) is 0.108. The summed E-state index contributed by atoms with van der Waals surface area (Å²) in [6.07, 6.45) is 0. The molecular weight excluding hydrogens is 1740 g/mol. The fourth-order valence-electron chi connectivity index (χ4n) is 3.08.